The van der Waals surface area contributed by atoms with E-state index in [4.69, 9.17) is 9.47 Å². The van der Waals surface area contributed by atoms with Gasteiger partial charge in [0.2, 0.25) is 0 Å². The molecule has 5 aromatic rings. The Morgan fingerprint density at radius 2 is 1.36 bits per heavy atom. The van der Waals surface area contributed by atoms with Gasteiger partial charge < -0.3 is 9.47 Å². The van der Waals surface area contributed by atoms with E-state index in [2.05, 4.69) is 79.6 Å². The SMILES string of the molecule is C=CC(=C\C=C/C)/C(=C/C(=N\C=C/C=C(C)\C=C\C)c1ccccc1)N=C.Cc1c(-c2ccc3ccccc3c2C)ccc2c1Oc1ccccc1O2. The van der Waals surface area contributed by atoms with E-state index >= 15 is 0 Å². The molecule has 1 heterocycles. The maximum Gasteiger partial charge on any atom is 0.173 e. The van der Waals surface area contributed by atoms with Gasteiger partial charge in [-0.15, -0.1) is 0 Å². The molecule has 0 amide bonds. The normalized spacial score (nSPS) is 13.3. The Hall–Kier alpha value is -6.52. The predicted octanol–water partition coefficient (Wildman–Crippen LogP) is 13.8. The zero-order chi connectivity index (χ0) is 37.6. The predicted molar refractivity (Wildman–Crippen MR) is 227 cm³/mol. The van der Waals surface area contributed by atoms with E-state index in [0.29, 0.717) is 0 Å². The van der Waals surface area contributed by atoms with Crippen molar-refractivity contribution < 1.29 is 9.47 Å². The highest BCUT2D eigenvalue weighted by atomic mass is 16.6. The molecule has 1 aliphatic rings. The molecule has 0 radical (unpaired) electrons. The van der Waals surface area contributed by atoms with Gasteiger partial charge in [-0.25, -0.2) is 0 Å². The van der Waals surface area contributed by atoms with Crippen LogP contribution >= 0.6 is 0 Å². The quantitative estimate of drug-likeness (QED) is 0.106. The Kier molecular flexibility index (Phi) is 13.3. The number of nitrogens with zero attached hydrogens (tertiary/aromatic N) is 2. The molecule has 0 N–H and O–H groups in total. The number of fused-ring (bicyclic) bond motifs is 3. The van der Waals surface area contributed by atoms with Gasteiger partial charge in [0.25, 0.3) is 0 Å². The Morgan fingerprint density at radius 1 is 0.679 bits per heavy atom. The first-order chi connectivity index (χ1) is 25.9. The molecule has 0 saturated heterocycles. The molecule has 5 aromatic carbocycles. The van der Waals surface area contributed by atoms with Crippen LogP contribution in [0.3, 0.4) is 0 Å². The molecule has 0 aromatic heterocycles. The molecule has 264 valence electrons. The molecule has 0 bridgehead atoms. The van der Waals surface area contributed by atoms with Gasteiger partial charge in [-0.3, -0.25) is 9.98 Å². The van der Waals surface area contributed by atoms with E-state index in [1.165, 1.54) is 27.5 Å². The third kappa shape index (κ3) is 9.43. The van der Waals surface area contributed by atoms with Crippen molar-refractivity contribution in [1.29, 1.82) is 0 Å². The van der Waals surface area contributed by atoms with Gasteiger partial charge in [0.15, 0.2) is 23.0 Å². The summed E-state index contributed by atoms with van der Waals surface area (Å²) in [5.74, 6) is 3.08. The van der Waals surface area contributed by atoms with Crippen LogP contribution in [-0.4, -0.2) is 12.4 Å². The van der Waals surface area contributed by atoms with Crippen molar-refractivity contribution in [1.82, 2.24) is 0 Å². The molecule has 6 rings (SSSR count). The van der Waals surface area contributed by atoms with Crippen molar-refractivity contribution in [3.8, 4) is 34.1 Å². The van der Waals surface area contributed by atoms with Crippen molar-refractivity contribution in [3.05, 3.63) is 204 Å². The van der Waals surface area contributed by atoms with Crippen LogP contribution < -0.4 is 9.47 Å². The molecular formula is C49H46N2O2. The number of hydrogen-bond donors (Lipinski definition) is 0. The van der Waals surface area contributed by atoms with Crippen molar-refractivity contribution in [2.24, 2.45) is 9.98 Å². The summed E-state index contributed by atoms with van der Waals surface area (Å²) in [5.41, 5.74) is 9.36. The fraction of sp³-hybridized carbons (Fsp3) is 0.102. The van der Waals surface area contributed by atoms with Crippen LogP contribution in [0.1, 0.15) is 37.5 Å². The van der Waals surface area contributed by atoms with E-state index in [9.17, 15) is 0 Å². The Morgan fingerprint density at radius 3 is 2.08 bits per heavy atom. The molecule has 0 saturated carbocycles. The smallest absolute Gasteiger partial charge is 0.173 e. The van der Waals surface area contributed by atoms with Crippen molar-refractivity contribution in [2.45, 2.75) is 34.6 Å². The van der Waals surface area contributed by atoms with Crippen LogP contribution in [0.15, 0.2) is 197 Å². The number of benzene rings is 5. The highest BCUT2D eigenvalue weighted by molar-refractivity contribution is 6.09. The highest BCUT2D eigenvalue weighted by Crippen LogP contribution is 2.49. The second kappa shape index (κ2) is 18.6. The lowest BCUT2D eigenvalue weighted by Crippen LogP contribution is -2.01. The van der Waals surface area contributed by atoms with Gasteiger partial charge in [-0.2, -0.15) is 0 Å². The van der Waals surface area contributed by atoms with E-state index in [1.54, 1.807) is 12.3 Å². The van der Waals surface area contributed by atoms with Gasteiger partial charge in [-0.05, 0) is 105 Å². The van der Waals surface area contributed by atoms with E-state index in [-0.39, 0.29) is 0 Å². The maximum absolute atomic E-state index is 6.17. The number of hydrogen-bond acceptors (Lipinski definition) is 4. The molecule has 1 aliphatic heterocycles. The number of allylic oxidation sites excluding steroid dienone is 10. The molecule has 4 heteroatoms. The molecule has 0 unspecified atom stereocenters. The summed E-state index contributed by atoms with van der Waals surface area (Å²) in [6.07, 6.45) is 19.3. The Labute approximate surface area is 314 Å². The van der Waals surface area contributed by atoms with Crippen LogP contribution in [0.25, 0.3) is 21.9 Å². The van der Waals surface area contributed by atoms with Crippen molar-refractivity contribution in [2.75, 3.05) is 0 Å². The zero-order valence-corrected chi connectivity index (χ0v) is 31.2. The second-order valence-corrected chi connectivity index (χ2v) is 12.3. The average Bonchev–Trinajstić information content (AvgIpc) is 3.19. The van der Waals surface area contributed by atoms with Crippen molar-refractivity contribution in [3.63, 3.8) is 0 Å². The summed E-state index contributed by atoms with van der Waals surface area (Å²) in [6, 6.07) is 34.8. The first-order valence-electron chi connectivity index (χ1n) is 17.7. The largest absolute Gasteiger partial charge is 0.450 e. The summed E-state index contributed by atoms with van der Waals surface area (Å²) in [5, 5.41) is 2.54. The van der Waals surface area contributed by atoms with Gasteiger partial charge in [-0.1, -0.05) is 140 Å². The maximum atomic E-state index is 6.17. The third-order valence-electron chi connectivity index (χ3n) is 8.73. The van der Waals surface area contributed by atoms with Gasteiger partial charge in [0.05, 0.1) is 11.4 Å². The first kappa shape index (κ1) is 37.7. The molecule has 4 nitrogen and oxygen atoms in total. The number of ether oxygens (including phenoxy) is 2. The van der Waals surface area contributed by atoms with Crippen molar-refractivity contribution >= 4 is 23.2 Å². The second-order valence-electron chi connectivity index (χ2n) is 12.3. The summed E-state index contributed by atoms with van der Waals surface area (Å²) in [7, 11) is 0. The lowest BCUT2D eigenvalue weighted by Gasteiger charge is -2.23. The highest BCUT2D eigenvalue weighted by Gasteiger charge is 2.22. The monoisotopic (exact) mass is 694 g/mol. The van der Waals surface area contributed by atoms with Crippen LogP contribution in [-0.2, 0) is 0 Å². The molecule has 0 aliphatic carbocycles. The number of aliphatic imine (C=N–C) groups is 2. The topological polar surface area (TPSA) is 43.2 Å². The molecular weight excluding hydrogens is 649 g/mol. The molecule has 0 spiro atoms. The Bertz CT molecular complexity index is 2310. The first-order valence-corrected chi connectivity index (χ1v) is 17.7. The minimum atomic E-state index is 0.722. The summed E-state index contributed by atoms with van der Waals surface area (Å²) >= 11 is 0. The number of aryl methyl sites for hydroxylation is 1. The van der Waals surface area contributed by atoms with E-state index in [1.807, 2.05) is 130 Å². The summed E-state index contributed by atoms with van der Waals surface area (Å²) in [4.78, 5) is 8.80. The fourth-order valence-corrected chi connectivity index (χ4v) is 5.98. The number of para-hydroxylation sites is 2. The standard InChI is InChI=1S/C25H28N2.C24H18O2/c1-6-9-16-22(8-3)24(26-5)20-25(23-17-11-10-12-18-23)27-19-13-15-21(4)14-7-2;1-15-18-8-4-3-7-17(18)11-12-19(15)20-13-14-23-24(16(20)2)26-22-10-6-5-9-21(22)25-23/h6-20H,3,5H2,1-2,4H3;3-14H,1-2H3/b9-6-,14-7+,19-13-,21-15-,22-16+,24-20-,27-25+;. The Balaban J connectivity index is 0.000000204. The molecule has 0 atom stereocenters. The zero-order valence-electron chi connectivity index (χ0n) is 31.2. The third-order valence-corrected chi connectivity index (χ3v) is 8.73. The molecule has 53 heavy (non-hydrogen) atoms. The molecule has 0 fully saturated rings. The van der Waals surface area contributed by atoms with E-state index < -0.39 is 0 Å². The summed E-state index contributed by atoms with van der Waals surface area (Å²) in [6.45, 7) is 17.9. The van der Waals surface area contributed by atoms with Crippen LogP contribution in [0.5, 0.6) is 23.0 Å². The minimum Gasteiger partial charge on any atom is -0.450 e. The lowest BCUT2D eigenvalue weighted by atomic mass is 9.92. The van der Waals surface area contributed by atoms with Gasteiger partial charge in [0.1, 0.15) is 0 Å². The fourth-order valence-electron chi connectivity index (χ4n) is 5.98. The summed E-state index contributed by atoms with van der Waals surface area (Å²) < 4.78 is 12.2. The van der Waals surface area contributed by atoms with E-state index in [0.717, 1.165) is 56.7 Å². The average molecular weight is 695 g/mol. The van der Waals surface area contributed by atoms with Gasteiger partial charge in [0, 0.05) is 17.3 Å². The van der Waals surface area contributed by atoms with Crippen LogP contribution in [0.2, 0.25) is 0 Å². The van der Waals surface area contributed by atoms with Gasteiger partial charge >= 0.3 is 0 Å². The number of rotatable bonds is 10. The lowest BCUT2D eigenvalue weighted by molar-refractivity contribution is 0.358. The minimum absolute atomic E-state index is 0.722. The van der Waals surface area contributed by atoms with Crippen LogP contribution in [0, 0.1) is 13.8 Å². The van der Waals surface area contributed by atoms with Crippen LogP contribution in [0.4, 0.5) is 0 Å².